The summed E-state index contributed by atoms with van der Waals surface area (Å²) in [6.07, 6.45) is 13.9. The van der Waals surface area contributed by atoms with Crippen molar-refractivity contribution in [3.8, 4) is 0 Å². The molecule has 0 heterocycles. The third kappa shape index (κ3) is 15.7. The number of unbranched alkanes of at least 4 members (excludes halogenated alkanes) is 5. The molecule has 5 atom stereocenters. The molecule has 0 bridgehead atoms. The van der Waals surface area contributed by atoms with Crippen molar-refractivity contribution < 1.29 is 31.3 Å². The summed E-state index contributed by atoms with van der Waals surface area (Å²) in [4.78, 5) is 11.0. The summed E-state index contributed by atoms with van der Waals surface area (Å²) < 4.78 is 13.4. The first-order chi connectivity index (χ1) is 15.0. The van der Waals surface area contributed by atoms with Gasteiger partial charge in [-0.1, -0.05) is 69.7 Å². The zero-order valence-corrected chi connectivity index (χ0v) is 18.6. The highest BCUT2D eigenvalue weighted by atomic mass is 16.5. The number of aliphatic hydroxyl groups excluding tert-OH is 4. The Bertz CT molecular complexity index is 471. The van der Waals surface area contributed by atoms with Crippen LogP contribution in [-0.4, -0.2) is 64.3 Å². The average Bonchev–Trinajstić information content (AvgIpc) is 2.78. The van der Waals surface area contributed by atoms with E-state index in [4.69, 9.17) is 11.2 Å². The van der Waals surface area contributed by atoms with Crippen LogP contribution in [0.15, 0.2) is 24.3 Å². The van der Waals surface area contributed by atoms with Gasteiger partial charge in [0.25, 0.3) is 0 Å². The van der Waals surface area contributed by atoms with E-state index in [1.54, 1.807) is 0 Å². The summed E-state index contributed by atoms with van der Waals surface area (Å²) in [7, 11) is 0. The first-order valence-corrected chi connectivity index (χ1v) is 11.4. The number of carbonyl (C=O) groups is 1. The minimum absolute atomic E-state index is 0.0881. The largest absolute Gasteiger partial charge is 0.394 e. The normalized spacial score (nSPS) is 17.7. The monoisotopic (exact) mass is 429 g/mol. The van der Waals surface area contributed by atoms with E-state index in [0.29, 0.717) is 12.7 Å². The molecule has 0 saturated carbocycles. The lowest BCUT2D eigenvalue weighted by atomic mass is 10.0. The molecule has 4 N–H and O–H groups in total. The Labute approximate surface area is 184 Å². The molecule has 176 valence electrons. The summed E-state index contributed by atoms with van der Waals surface area (Å²) >= 11 is 0. The van der Waals surface area contributed by atoms with Gasteiger partial charge < -0.3 is 30.0 Å². The molecule has 0 aliphatic rings. The highest BCUT2D eigenvalue weighted by Gasteiger charge is 2.31. The van der Waals surface area contributed by atoms with Gasteiger partial charge in [0, 0.05) is 7.98 Å². The Kier molecular flexibility index (Phi) is 19.1. The molecule has 0 aromatic rings. The smallest absolute Gasteiger partial charge is 0.151 e. The maximum atomic E-state index is 11.0. The molecule has 0 rings (SSSR count). The molecule has 0 aromatic carbocycles. The van der Waals surface area contributed by atoms with E-state index in [1.807, 2.05) is 0 Å². The third-order valence-electron chi connectivity index (χ3n) is 4.88. The van der Waals surface area contributed by atoms with Crippen LogP contribution in [0.3, 0.4) is 0 Å². The first kappa shape index (κ1) is 27.0. The van der Waals surface area contributed by atoms with Crippen LogP contribution in [0.4, 0.5) is 0 Å². The van der Waals surface area contributed by atoms with Crippen molar-refractivity contribution in [2.45, 2.75) is 108 Å². The Morgan fingerprint density at radius 3 is 2.17 bits per heavy atom. The molecular formula is C24H44O6. The van der Waals surface area contributed by atoms with Crippen LogP contribution in [0.1, 0.15) is 85.3 Å². The van der Waals surface area contributed by atoms with Gasteiger partial charge in [-0.3, -0.25) is 0 Å². The molecule has 0 radical (unpaired) electrons. The zero-order valence-electron chi connectivity index (χ0n) is 19.6. The molecule has 0 spiro atoms. The molecule has 0 aromatic heterocycles. The fourth-order valence-electron chi connectivity index (χ4n) is 2.91. The number of aliphatic hydroxyl groups is 4. The lowest BCUT2D eigenvalue weighted by Crippen LogP contribution is -2.47. The predicted octanol–water partition coefficient (Wildman–Crippen LogP) is 3.46. The van der Waals surface area contributed by atoms with Gasteiger partial charge in [-0.15, -0.1) is 0 Å². The fraction of sp³-hybridized carbons (Fsp3) is 0.792. The minimum atomic E-state index is -1.65. The highest BCUT2D eigenvalue weighted by Crippen LogP contribution is 2.11. The second-order valence-electron chi connectivity index (χ2n) is 7.59. The molecular weight excluding hydrogens is 384 g/mol. The van der Waals surface area contributed by atoms with Crippen LogP contribution in [0.2, 0.25) is 0 Å². The standard InChI is InChI=1S/C24H44O6/c1-2-3-4-5-6-7-8-9-10-11-12-13-14-15-16-17-18-30-22(20-26)24(29)23(28)21(27)19-25/h6-7,9-10,20-25,27-29H,2-5,8,11-19H2,1H3/b7-6-,10-9-/t21-,22+,23-,24-/m1/s1/i13D/t13?,21-,22+,23-,24-. The minimum Gasteiger partial charge on any atom is -0.394 e. The van der Waals surface area contributed by atoms with E-state index in [2.05, 4.69) is 31.2 Å². The van der Waals surface area contributed by atoms with Gasteiger partial charge in [-0.2, -0.15) is 0 Å². The number of carbonyl (C=O) groups excluding carboxylic acids is 1. The van der Waals surface area contributed by atoms with E-state index in [-0.39, 0.29) is 13.0 Å². The van der Waals surface area contributed by atoms with Gasteiger partial charge in [0.15, 0.2) is 6.29 Å². The Balaban J connectivity index is 3.75. The molecule has 1 unspecified atom stereocenters. The summed E-state index contributed by atoms with van der Waals surface area (Å²) in [5.41, 5.74) is 0. The number of ether oxygens (including phenoxy) is 1. The number of aldehydes is 1. The fourth-order valence-corrected chi connectivity index (χ4v) is 2.91. The summed E-state index contributed by atoms with van der Waals surface area (Å²) in [5.74, 6) is 0. The second-order valence-corrected chi connectivity index (χ2v) is 7.59. The lowest BCUT2D eigenvalue weighted by Gasteiger charge is -2.25. The second kappa shape index (κ2) is 21.2. The molecule has 6 nitrogen and oxygen atoms in total. The van der Waals surface area contributed by atoms with Crippen molar-refractivity contribution in [3.05, 3.63) is 24.3 Å². The maximum absolute atomic E-state index is 11.0. The summed E-state index contributed by atoms with van der Waals surface area (Å²) in [6, 6.07) is 0. The third-order valence-corrected chi connectivity index (χ3v) is 4.88. The number of allylic oxidation sites excluding steroid dienone is 4. The van der Waals surface area contributed by atoms with Gasteiger partial charge in [-0.25, -0.2) is 0 Å². The van der Waals surface area contributed by atoms with Crippen LogP contribution in [0.5, 0.6) is 0 Å². The molecule has 0 amide bonds. The quantitative estimate of drug-likeness (QED) is 0.126. The topological polar surface area (TPSA) is 107 Å². The number of rotatable bonds is 21. The van der Waals surface area contributed by atoms with Crippen molar-refractivity contribution in [1.82, 2.24) is 0 Å². The maximum Gasteiger partial charge on any atom is 0.151 e. The SMILES string of the molecule is [2H]C(CC/C=C\C/C=C\CCCCC)CCCCCO[C@@H](C=O)[C@@H](O)[C@H](O)[C@H](O)CO. The number of hydrogen-bond donors (Lipinski definition) is 4. The summed E-state index contributed by atoms with van der Waals surface area (Å²) in [6.45, 7) is 1.73. The summed E-state index contributed by atoms with van der Waals surface area (Å²) in [5, 5.41) is 37.6. The van der Waals surface area contributed by atoms with Gasteiger partial charge in [0.05, 0.1) is 6.61 Å². The van der Waals surface area contributed by atoms with Crippen molar-refractivity contribution in [2.75, 3.05) is 13.2 Å². The van der Waals surface area contributed by atoms with Crippen molar-refractivity contribution in [1.29, 1.82) is 0 Å². The van der Waals surface area contributed by atoms with Gasteiger partial charge in [0.1, 0.15) is 24.4 Å². The van der Waals surface area contributed by atoms with Crippen molar-refractivity contribution in [3.63, 3.8) is 0 Å². The first-order valence-electron chi connectivity index (χ1n) is 12.0. The van der Waals surface area contributed by atoms with Crippen LogP contribution >= 0.6 is 0 Å². The zero-order chi connectivity index (χ0) is 23.3. The van der Waals surface area contributed by atoms with E-state index in [0.717, 1.165) is 44.9 Å². The Hall–Kier alpha value is -1.05. The number of hydrogen-bond acceptors (Lipinski definition) is 6. The van der Waals surface area contributed by atoms with Crippen molar-refractivity contribution in [2.24, 2.45) is 0 Å². The van der Waals surface area contributed by atoms with Gasteiger partial charge in [-0.05, 0) is 38.5 Å². The molecule has 0 saturated heterocycles. The van der Waals surface area contributed by atoms with Gasteiger partial charge >= 0.3 is 0 Å². The van der Waals surface area contributed by atoms with Crippen LogP contribution in [0.25, 0.3) is 0 Å². The molecule has 6 heteroatoms. The van der Waals surface area contributed by atoms with Crippen LogP contribution < -0.4 is 0 Å². The predicted molar refractivity (Wildman–Crippen MR) is 120 cm³/mol. The molecule has 30 heavy (non-hydrogen) atoms. The van der Waals surface area contributed by atoms with E-state index in [9.17, 15) is 20.1 Å². The lowest BCUT2D eigenvalue weighted by molar-refractivity contribution is -0.146. The average molecular weight is 430 g/mol. The Morgan fingerprint density at radius 1 is 0.867 bits per heavy atom. The van der Waals surface area contributed by atoms with Crippen LogP contribution in [0, 0.1) is 0 Å². The molecule has 0 aliphatic heterocycles. The van der Waals surface area contributed by atoms with E-state index >= 15 is 0 Å². The Morgan fingerprint density at radius 2 is 1.53 bits per heavy atom. The highest BCUT2D eigenvalue weighted by molar-refractivity contribution is 5.57. The van der Waals surface area contributed by atoms with Gasteiger partial charge in [0.2, 0.25) is 0 Å². The van der Waals surface area contributed by atoms with Crippen LogP contribution in [-0.2, 0) is 9.53 Å². The molecule has 0 aliphatic carbocycles. The van der Waals surface area contributed by atoms with Crippen molar-refractivity contribution >= 4 is 6.29 Å². The van der Waals surface area contributed by atoms with E-state index < -0.39 is 31.0 Å². The van der Waals surface area contributed by atoms with E-state index in [1.165, 1.54) is 19.3 Å². The molecule has 0 fully saturated rings.